The van der Waals surface area contributed by atoms with Gasteiger partial charge >= 0.3 is 5.97 Å². The van der Waals surface area contributed by atoms with Crippen molar-refractivity contribution in [2.75, 3.05) is 18.5 Å². The van der Waals surface area contributed by atoms with E-state index in [2.05, 4.69) is 10.0 Å². The molecule has 0 atom stereocenters. The van der Waals surface area contributed by atoms with Gasteiger partial charge in [0.25, 0.3) is 5.91 Å². The number of benzene rings is 2. The summed E-state index contributed by atoms with van der Waals surface area (Å²) in [6, 6.07) is 12.1. The molecule has 0 aromatic heterocycles. The van der Waals surface area contributed by atoms with Gasteiger partial charge in [-0.3, -0.25) is 4.79 Å². The Morgan fingerprint density at radius 2 is 1.85 bits per heavy atom. The van der Waals surface area contributed by atoms with E-state index in [9.17, 15) is 18.0 Å². The molecule has 7 nitrogen and oxygen atoms in total. The normalized spacial score (nSPS) is 11.0. The molecular weight excluding hydrogens is 392 g/mol. The Morgan fingerprint density at radius 3 is 2.56 bits per heavy atom. The minimum absolute atomic E-state index is 0.0277. The van der Waals surface area contributed by atoms with Crippen molar-refractivity contribution in [2.24, 2.45) is 0 Å². The maximum Gasteiger partial charge on any atom is 0.338 e. The van der Waals surface area contributed by atoms with E-state index in [0.29, 0.717) is 23.7 Å². The molecule has 0 bridgehead atoms. The molecule has 2 aromatic carbocycles. The van der Waals surface area contributed by atoms with Gasteiger partial charge in [-0.1, -0.05) is 36.7 Å². The largest absolute Gasteiger partial charge is 0.452 e. The van der Waals surface area contributed by atoms with E-state index < -0.39 is 28.5 Å². The number of rotatable bonds is 8. The Labute approximate surface area is 162 Å². The Bertz CT molecular complexity index is 931. The number of halogens is 1. The van der Waals surface area contributed by atoms with Crippen molar-refractivity contribution in [3.05, 3.63) is 59.1 Å². The van der Waals surface area contributed by atoms with Gasteiger partial charge in [0, 0.05) is 6.54 Å². The first-order chi connectivity index (χ1) is 12.8. The van der Waals surface area contributed by atoms with Crippen LogP contribution in [0.2, 0.25) is 5.02 Å². The standard InChI is InChI=1S/C18H19ClN2O5S/c1-2-10-20-27(24,25)14-7-5-6-13(11-14)18(23)26-12-17(22)21-16-9-4-3-8-15(16)19/h3-9,11,20H,2,10,12H2,1H3,(H,21,22). The van der Waals surface area contributed by atoms with Crippen LogP contribution in [0, 0.1) is 0 Å². The average Bonchev–Trinajstić information content (AvgIpc) is 2.66. The minimum Gasteiger partial charge on any atom is -0.452 e. The number of hydrogen-bond acceptors (Lipinski definition) is 5. The maximum atomic E-state index is 12.1. The van der Waals surface area contributed by atoms with Gasteiger partial charge in [-0.05, 0) is 36.8 Å². The van der Waals surface area contributed by atoms with Gasteiger partial charge in [-0.25, -0.2) is 17.9 Å². The number of carbonyl (C=O) groups excluding carboxylic acids is 2. The summed E-state index contributed by atoms with van der Waals surface area (Å²) in [7, 11) is -3.71. The lowest BCUT2D eigenvalue weighted by Gasteiger charge is -2.09. The summed E-state index contributed by atoms with van der Waals surface area (Å²) in [4.78, 5) is 24.0. The van der Waals surface area contributed by atoms with Crippen LogP contribution in [-0.4, -0.2) is 33.4 Å². The van der Waals surface area contributed by atoms with Crippen LogP contribution in [0.5, 0.6) is 0 Å². The van der Waals surface area contributed by atoms with Gasteiger partial charge in [0.2, 0.25) is 10.0 Å². The highest BCUT2D eigenvalue weighted by atomic mass is 35.5. The summed E-state index contributed by atoms with van der Waals surface area (Å²) in [5, 5.41) is 2.88. The number of nitrogens with one attached hydrogen (secondary N) is 2. The Morgan fingerprint density at radius 1 is 1.11 bits per heavy atom. The number of amides is 1. The monoisotopic (exact) mass is 410 g/mol. The second-order valence-electron chi connectivity index (χ2n) is 5.53. The van der Waals surface area contributed by atoms with Gasteiger partial charge < -0.3 is 10.1 Å². The molecule has 0 aliphatic carbocycles. The molecule has 0 unspecified atom stereocenters. The highest BCUT2D eigenvalue weighted by molar-refractivity contribution is 7.89. The Hall–Kier alpha value is -2.42. The zero-order chi connectivity index (χ0) is 19.9. The smallest absolute Gasteiger partial charge is 0.338 e. The molecule has 27 heavy (non-hydrogen) atoms. The first kappa shape index (κ1) is 20.9. The summed E-state index contributed by atoms with van der Waals surface area (Å²) >= 11 is 5.94. The zero-order valence-corrected chi connectivity index (χ0v) is 16.1. The molecule has 0 aliphatic heterocycles. The maximum absolute atomic E-state index is 12.1. The van der Waals surface area contributed by atoms with Crippen molar-refractivity contribution in [3.8, 4) is 0 Å². The van der Waals surface area contributed by atoms with E-state index in [4.69, 9.17) is 16.3 Å². The lowest BCUT2D eigenvalue weighted by molar-refractivity contribution is -0.119. The van der Waals surface area contributed by atoms with E-state index in [1.165, 1.54) is 24.3 Å². The van der Waals surface area contributed by atoms with Gasteiger partial charge in [0.1, 0.15) is 0 Å². The Kier molecular flexibility index (Phi) is 7.35. The van der Waals surface area contributed by atoms with Crippen LogP contribution in [0.15, 0.2) is 53.4 Å². The van der Waals surface area contributed by atoms with Crippen molar-refractivity contribution in [1.29, 1.82) is 0 Å². The van der Waals surface area contributed by atoms with Gasteiger partial charge in [-0.15, -0.1) is 0 Å². The molecule has 0 radical (unpaired) electrons. The van der Waals surface area contributed by atoms with E-state index in [0.717, 1.165) is 0 Å². The number of sulfonamides is 1. The molecule has 0 heterocycles. The van der Waals surface area contributed by atoms with Crippen LogP contribution >= 0.6 is 11.6 Å². The van der Waals surface area contributed by atoms with E-state index in [1.807, 2.05) is 6.92 Å². The molecule has 2 rings (SSSR count). The number of ether oxygens (including phenoxy) is 1. The molecular formula is C18H19ClN2O5S. The molecule has 0 saturated heterocycles. The predicted octanol–water partition coefficient (Wildman–Crippen LogP) is 2.82. The molecule has 144 valence electrons. The van der Waals surface area contributed by atoms with Crippen LogP contribution in [-0.2, 0) is 19.6 Å². The quantitative estimate of drug-likeness (QED) is 0.651. The number of anilines is 1. The fourth-order valence-electron chi connectivity index (χ4n) is 2.07. The summed E-state index contributed by atoms with van der Waals surface area (Å²) in [5.74, 6) is -1.37. The van der Waals surface area contributed by atoms with E-state index >= 15 is 0 Å². The zero-order valence-electron chi connectivity index (χ0n) is 14.6. The molecule has 0 aliphatic rings. The van der Waals surface area contributed by atoms with Crippen LogP contribution in [0.25, 0.3) is 0 Å². The van der Waals surface area contributed by atoms with Gasteiger partial charge in [0.15, 0.2) is 6.61 Å². The molecule has 1 amide bonds. The molecule has 2 N–H and O–H groups in total. The summed E-state index contributed by atoms with van der Waals surface area (Å²) in [6.45, 7) is 1.60. The van der Waals surface area contributed by atoms with E-state index in [1.54, 1.807) is 24.3 Å². The lowest BCUT2D eigenvalue weighted by Crippen LogP contribution is -2.25. The summed E-state index contributed by atoms with van der Waals surface area (Å²) in [5.41, 5.74) is 0.426. The third-order valence-electron chi connectivity index (χ3n) is 3.40. The van der Waals surface area contributed by atoms with Crippen LogP contribution in [0.1, 0.15) is 23.7 Å². The number of esters is 1. The van der Waals surface area contributed by atoms with Crippen molar-refractivity contribution in [3.63, 3.8) is 0 Å². The van der Waals surface area contributed by atoms with Crippen molar-refractivity contribution in [1.82, 2.24) is 4.72 Å². The average molecular weight is 411 g/mol. The van der Waals surface area contributed by atoms with Crippen molar-refractivity contribution < 1.29 is 22.7 Å². The third-order valence-corrected chi connectivity index (χ3v) is 5.19. The van der Waals surface area contributed by atoms with Crippen molar-refractivity contribution in [2.45, 2.75) is 18.2 Å². The molecule has 0 saturated carbocycles. The highest BCUT2D eigenvalue weighted by Gasteiger charge is 2.17. The van der Waals surface area contributed by atoms with Crippen LogP contribution in [0.4, 0.5) is 5.69 Å². The van der Waals surface area contributed by atoms with E-state index in [-0.39, 0.29) is 10.5 Å². The minimum atomic E-state index is -3.71. The lowest BCUT2D eigenvalue weighted by atomic mass is 10.2. The summed E-state index contributed by atoms with van der Waals surface area (Å²) in [6.07, 6.45) is 0.640. The van der Waals surface area contributed by atoms with Gasteiger partial charge in [0.05, 0.1) is 21.2 Å². The molecule has 2 aromatic rings. The van der Waals surface area contributed by atoms with Crippen molar-refractivity contribution >= 4 is 39.2 Å². The molecule has 0 spiro atoms. The fraction of sp³-hybridized carbons (Fsp3) is 0.222. The van der Waals surface area contributed by atoms with Crippen LogP contribution in [0.3, 0.4) is 0 Å². The number of carbonyl (C=O) groups is 2. The molecule has 9 heteroatoms. The topological polar surface area (TPSA) is 102 Å². The third kappa shape index (κ3) is 6.06. The predicted molar refractivity (Wildman–Crippen MR) is 102 cm³/mol. The summed E-state index contributed by atoms with van der Waals surface area (Å²) < 4.78 is 31.6. The first-order valence-corrected chi connectivity index (χ1v) is 10.0. The first-order valence-electron chi connectivity index (χ1n) is 8.14. The second kappa shape index (κ2) is 9.50. The van der Waals surface area contributed by atoms with Crippen LogP contribution < -0.4 is 10.0 Å². The fourth-order valence-corrected chi connectivity index (χ4v) is 3.44. The van der Waals surface area contributed by atoms with Gasteiger partial charge in [-0.2, -0.15) is 0 Å². The highest BCUT2D eigenvalue weighted by Crippen LogP contribution is 2.20. The SMILES string of the molecule is CCCNS(=O)(=O)c1cccc(C(=O)OCC(=O)Nc2ccccc2Cl)c1. The number of para-hydroxylation sites is 1. The Balaban J connectivity index is 1.99. The second-order valence-corrected chi connectivity index (χ2v) is 7.70. The molecule has 0 fully saturated rings. The number of hydrogen-bond donors (Lipinski definition) is 2.